The van der Waals surface area contributed by atoms with Gasteiger partial charge < -0.3 is 15.6 Å². The number of aromatic nitrogens is 1. The number of nitrogens with zero attached hydrogens (tertiary/aromatic N) is 1. The number of likely N-dealkylation sites (tertiary alicyclic amines) is 1. The van der Waals surface area contributed by atoms with Gasteiger partial charge >= 0.3 is 0 Å². The molecule has 3 N–H and O–H groups in total. The Kier molecular flexibility index (Phi) is 7.81. The van der Waals surface area contributed by atoms with Crippen LogP contribution in [-0.2, 0) is 22.6 Å². The second-order valence-electron chi connectivity index (χ2n) is 8.33. The number of benzene rings is 2. The van der Waals surface area contributed by atoms with E-state index in [1.807, 2.05) is 54.7 Å². The maximum Gasteiger partial charge on any atom is 0.243 e. The van der Waals surface area contributed by atoms with Crippen molar-refractivity contribution in [3.05, 3.63) is 69.4 Å². The molecule has 6 nitrogen and oxygen atoms in total. The van der Waals surface area contributed by atoms with Crippen molar-refractivity contribution in [2.24, 2.45) is 0 Å². The van der Waals surface area contributed by atoms with Crippen LogP contribution in [0.25, 0.3) is 10.9 Å². The van der Waals surface area contributed by atoms with Gasteiger partial charge in [-0.05, 0) is 71.8 Å². The molecule has 0 spiro atoms. The van der Waals surface area contributed by atoms with Gasteiger partial charge in [0.2, 0.25) is 11.8 Å². The molecule has 2 amide bonds. The van der Waals surface area contributed by atoms with Crippen molar-refractivity contribution in [2.45, 2.75) is 38.3 Å². The molecule has 0 saturated carbocycles. The van der Waals surface area contributed by atoms with E-state index in [0.717, 1.165) is 51.5 Å². The topological polar surface area (TPSA) is 77.2 Å². The van der Waals surface area contributed by atoms with Crippen LogP contribution in [0.3, 0.4) is 0 Å². The predicted molar refractivity (Wildman–Crippen MR) is 135 cm³/mol. The van der Waals surface area contributed by atoms with E-state index in [4.69, 9.17) is 0 Å². The number of fused-ring (bicyclic) bond motifs is 1. The number of nitrogens with one attached hydrogen (secondary N) is 3. The maximum absolute atomic E-state index is 13.2. The molecular weight excluding hydrogens is 515 g/mol. The zero-order valence-corrected chi connectivity index (χ0v) is 20.2. The van der Waals surface area contributed by atoms with Crippen molar-refractivity contribution >= 4 is 45.3 Å². The minimum absolute atomic E-state index is 0.0961. The first-order chi connectivity index (χ1) is 15.6. The molecule has 0 aliphatic carbocycles. The standard InChI is InChI=1S/C25H29IN4O2/c26-21-10-4-2-8-18(21)15-28-25(32)23(29-24(31)17-30-12-6-1-7-13-30)14-19-16-27-22-11-5-3-9-20(19)22/h2-5,8-11,16,23,27H,1,6-7,12-15,17H2,(H,28,32)(H,29,31). The lowest BCUT2D eigenvalue weighted by Crippen LogP contribution is -2.50. The van der Waals surface area contributed by atoms with Gasteiger partial charge in [0, 0.05) is 33.6 Å². The van der Waals surface area contributed by atoms with Crippen molar-refractivity contribution < 1.29 is 9.59 Å². The highest BCUT2D eigenvalue weighted by atomic mass is 127. The molecule has 1 unspecified atom stereocenters. The number of hydrogen-bond donors (Lipinski definition) is 3. The fourth-order valence-corrected chi connectivity index (χ4v) is 4.82. The zero-order chi connectivity index (χ0) is 22.3. The SMILES string of the molecule is O=C(CN1CCCCC1)NC(Cc1c[nH]c2ccccc12)C(=O)NCc1ccccc1I. The van der Waals surface area contributed by atoms with Crippen molar-refractivity contribution in [3.63, 3.8) is 0 Å². The molecule has 2 heterocycles. The highest BCUT2D eigenvalue weighted by Gasteiger charge is 2.24. The fourth-order valence-electron chi connectivity index (χ4n) is 4.24. The summed E-state index contributed by atoms with van der Waals surface area (Å²) >= 11 is 2.27. The number of carbonyl (C=O) groups excluding carboxylic acids is 2. The summed E-state index contributed by atoms with van der Waals surface area (Å²) in [4.78, 5) is 31.4. The van der Waals surface area contributed by atoms with E-state index in [9.17, 15) is 9.59 Å². The summed E-state index contributed by atoms with van der Waals surface area (Å²) in [5, 5.41) is 7.11. The number of hydrogen-bond acceptors (Lipinski definition) is 3. The Morgan fingerprint density at radius 2 is 1.75 bits per heavy atom. The van der Waals surface area contributed by atoms with E-state index in [0.29, 0.717) is 19.5 Å². The van der Waals surface area contributed by atoms with Crippen LogP contribution in [-0.4, -0.2) is 47.4 Å². The maximum atomic E-state index is 13.2. The van der Waals surface area contributed by atoms with Crippen molar-refractivity contribution in [1.29, 1.82) is 0 Å². The normalized spacial score (nSPS) is 15.4. The van der Waals surface area contributed by atoms with E-state index >= 15 is 0 Å². The van der Waals surface area contributed by atoms with Crippen molar-refractivity contribution in [3.8, 4) is 0 Å². The molecule has 2 aromatic carbocycles. The van der Waals surface area contributed by atoms with Crippen LogP contribution < -0.4 is 10.6 Å². The largest absolute Gasteiger partial charge is 0.361 e. The summed E-state index contributed by atoms with van der Waals surface area (Å²) in [6, 6.07) is 15.4. The minimum Gasteiger partial charge on any atom is -0.361 e. The fraction of sp³-hybridized carbons (Fsp3) is 0.360. The number of rotatable bonds is 8. The summed E-state index contributed by atoms with van der Waals surface area (Å²) in [5.41, 5.74) is 3.11. The van der Waals surface area contributed by atoms with Crippen molar-refractivity contribution in [2.75, 3.05) is 19.6 Å². The first-order valence-corrected chi connectivity index (χ1v) is 12.3. The average Bonchev–Trinajstić information content (AvgIpc) is 3.21. The van der Waals surface area contributed by atoms with Crippen LogP contribution >= 0.6 is 22.6 Å². The third-order valence-electron chi connectivity index (χ3n) is 5.98. The lowest BCUT2D eigenvalue weighted by atomic mass is 10.0. The van der Waals surface area contributed by atoms with Crippen LogP contribution in [0.5, 0.6) is 0 Å². The van der Waals surface area contributed by atoms with Gasteiger partial charge in [0.1, 0.15) is 6.04 Å². The van der Waals surface area contributed by atoms with E-state index in [1.54, 1.807) is 0 Å². The van der Waals surface area contributed by atoms with Gasteiger partial charge in [-0.1, -0.05) is 42.8 Å². The molecule has 1 aromatic heterocycles. The lowest BCUT2D eigenvalue weighted by Gasteiger charge is -2.27. The molecule has 4 rings (SSSR count). The second kappa shape index (κ2) is 11.0. The molecule has 168 valence electrons. The number of piperidine rings is 1. The van der Waals surface area contributed by atoms with Gasteiger partial charge in [0.05, 0.1) is 6.54 Å². The molecular formula is C25H29IN4O2. The minimum atomic E-state index is -0.632. The van der Waals surface area contributed by atoms with Gasteiger partial charge in [-0.2, -0.15) is 0 Å². The molecule has 3 aromatic rings. The molecule has 1 aliphatic heterocycles. The third-order valence-corrected chi connectivity index (χ3v) is 7.03. The second-order valence-corrected chi connectivity index (χ2v) is 9.49. The van der Waals surface area contributed by atoms with Gasteiger partial charge in [-0.15, -0.1) is 0 Å². The number of para-hydroxylation sites is 1. The third kappa shape index (κ3) is 5.89. The van der Waals surface area contributed by atoms with Crippen LogP contribution in [0.2, 0.25) is 0 Å². The Morgan fingerprint density at radius 3 is 2.56 bits per heavy atom. The molecule has 1 aliphatic rings. The van der Waals surface area contributed by atoms with Crippen LogP contribution in [0.1, 0.15) is 30.4 Å². The molecule has 0 bridgehead atoms. The Balaban J connectivity index is 1.46. The Labute approximate surface area is 202 Å². The smallest absolute Gasteiger partial charge is 0.243 e. The van der Waals surface area contributed by atoms with Gasteiger partial charge in [-0.25, -0.2) is 0 Å². The summed E-state index contributed by atoms with van der Waals surface area (Å²) in [5.74, 6) is -0.261. The van der Waals surface area contributed by atoms with E-state index in [-0.39, 0.29) is 11.8 Å². The number of aromatic amines is 1. The molecule has 32 heavy (non-hydrogen) atoms. The number of amides is 2. The molecule has 1 saturated heterocycles. The molecule has 0 radical (unpaired) electrons. The first kappa shape index (κ1) is 22.8. The van der Waals surface area contributed by atoms with E-state index < -0.39 is 6.04 Å². The van der Waals surface area contributed by atoms with E-state index in [1.165, 1.54) is 6.42 Å². The molecule has 7 heteroatoms. The Bertz CT molecular complexity index is 1070. The average molecular weight is 544 g/mol. The Hall–Kier alpha value is -2.39. The Morgan fingerprint density at radius 1 is 1.00 bits per heavy atom. The zero-order valence-electron chi connectivity index (χ0n) is 18.1. The summed E-state index contributed by atoms with van der Waals surface area (Å²) in [7, 11) is 0. The van der Waals surface area contributed by atoms with E-state index in [2.05, 4.69) is 43.1 Å². The number of halogens is 1. The quantitative estimate of drug-likeness (QED) is 0.380. The predicted octanol–water partition coefficient (Wildman–Crippen LogP) is 3.60. The van der Waals surface area contributed by atoms with Crippen LogP contribution in [0, 0.1) is 3.57 Å². The number of H-pyrrole nitrogens is 1. The van der Waals surface area contributed by atoms with Crippen molar-refractivity contribution in [1.82, 2.24) is 20.5 Å². The van der Waals surface area contributed by atoms with Crippen LogP contribution in [0.4, 0.5) is 0 Å². The lowest BCUT2D eigenvalue weighted by molar-refractivity contribution is -0.129. The molecule has 1 atom stereocenters. The molecule has 1 fully saturated rings. The summed E-state index contributed by atoms with van der Waals surface area (Å²) < 4.78 is 1.10. The van der Waals surface area contributed by atoms with Crippen LogP contribution in [0.15, 0.2) is 54.7 Å². The highest BCUT2D eigenvalue weighted by molar-refractivity contribution is 14.1. The monoisotopic (exact) mass is 544 g/mol. The van der Waals surface area contributed by atoms with Gasteiger partial charge in [0.25, 0.3) is 0 Å². The first-order valence-electron chi connectivity index (χ1n) is 11.2. The summed E-state index contributed by atoms with van der Waals surface area (Å²) in [6.45, 7) is 2.66. The highest BCUT2D eigenvalue weighted by Crippen LogP contribution is 2.19. The van der Waals surface area contributed by atoms with Gasteiger partial charge in [0.15, 0.2) is 0 Å². The van der Waals surface area contributed by atoms with Gasteiger partial charge in [-0.3, -0.25) is 14.5 Å². The summed E-state index contributed by atoms with van der Waals surface area (Å²) in [6.07, 6.45) is 5.85. The number of carbonyl (C=O) groups is 2.